The maximum absolute atomic E-state index is 12.0. The first-order valence-electron chi connectivity index (χ1n) is 6.10. The lowest BCUT2D eigenvalue weighted by Gasteiger charge is -2.05. The highest BCUT2D eigenvalue weighted by Crippen LogP contribution is 2.15. The number of nitrogen functional groups attached to an aromatic ring is 1. The summed E-state index contributed by atoms with van der Waals surface area (Å²) in [5.41, 5.74) is 9.40. The number of aryl methyl sites for hydroxylation is 2. The number of ketones is 1. The molecular weight excluding hydrogens is 222 g/mol. The molecule has 0 radical (unpaired) electrons. The number of rotatable bonds is 4. The summed E-state index contributed by atoms with van der Waals surface area (Å²) in [6, 6.07) is 15.5. The smallest absolute Gasteiger partial charge is 0.165 e. The van der Waals surface area contributed by atoms with Gasteiger partial charge in [0.1, 0.15) is 0 Å². The molecule has 2 nitrogen and oxygen atoms in total. The van der Waals surface area contributed by atoms with Crippen molar-refractivity contribution in [3.05, 3.63) is 65.2 Å². The van der Waals surface area contributed by atoms with Gasteiger partial charge >= 0.3 is 0 Å². The molecule has 0 saturated heterocycles. The van der Waals surface area contributed by atoms with Crippen LogP contribution in [-0.2, 0) is 6.42 Å². The Labute approximate surface area is 107 Å². The molecule has 2 N–H and O–H groups in total. The average molecular weight is 239 g/mol. The highest BCUT2D eigenvalue weighted by atomic mass is 16.1. The minimum atomic E-state index is 0.105. The van der Waals surface area contributed by atoms with E-state index in [1.807, 2.05) is 12.1 Å². The van der Waals surface area contributed by atoms with E-state index in [4.69, 9.17) is 5.73 Å². The third-order valence-electron chi connectivity index (χ3n) is 3.02. The Kier molecular flexibility index (Phi) is 3.78. The van der Waals surface area contributed by atoms with Gasteiger partial charge < -0.3 is 5.73 Å². The van der Waals surface area contributed by atoms with E-state index in [2.05, 4.69) is 31.2 Å². The zero-order valence-corrected chi connectivity index (χ0v) is 10.5. The van der Waals surface area contributed by atoms with Crippen LogP contribution in [0.3, 0.4) is 0 Å². The monoisotopic (exact) mass is 239 g/mol. The third kappa shape index (κ3) is 2.98. The first-order valence-corrected chi connectivity index (χ1v) is 6.10. The lowest BCUT2D eigenvalue weighted by atomic mass is 10.0. The highest BCUT2D eigenvalue weighted by molar-refractivity contribution is 6.00. The molecule has 0 spiro atoms. The minimum Gasteiger partial charge on any atom is -0.398 e. The molecule has 2 aromatic carbocycles. The maximum Gasteiger partial charge on any atom is 0.165 e. The summed E-state index contributed by atoms with van der Waals surface area (Å²) in [5, 5.41) is 0. The van der Waals surface area contributed by atoms with Crippen molar-refractivity contribution in [1.29, 1.82) is 0 Å². The van der Waals surface area contributed by atoms with Crippen LogP contribution in [-0.4, -0.2) is 5.78 Å². The molecule has 2 heteroatoms. The zero-order valence-electron chi connectivity index (χ0n) is 10.5. The summed E-state index contributed by atoms with van der Waals surface area (Å²) in [6.45, 7) is 2.06. The zero-order chi connectivity index (χ0) is 13.0. The molecule has 18 heavy (non-hydrogen) atoms. The van der Waals surface area contributed by atoms with Gasteiger partial charge in [0.25, 0.3) is 0 Å². The van der Waals surface area contributed by atoms with E-state index in [1.54, 1.807) is 12.1 Å². The molecule has 0 amide bonds. The second kappa shape index (κ2) is 5.50. The van der Waals surface area contributed by atoms with Crippen LogP contribution in [0.1, 0.15) is 27.9 Å². The van der Waals surface area contributed by atoms with Crippen molar-refractivity contribution in [2.45, 2.75) is 19.8 Å². The van der Waals surface area contributed by atoms with Crippen LogP contribution in [0.15, 0.2) is 48.5 Å². The number of anilines is 1. The molecule has 0 heterocycles. The molecule has 0 aromatic heterocycles. The lowest BCUT2D eigenvalue weighted by Crippen LogP contribution is -2.04. The molecule has 2 rings (SSSR count). The van der Waals surface area contributed by atoms with E-state index in [0.717, 1.165) is 6.42 Å². The molecular formula is C16H17NO. The number of carbonyl (C=O) groups excluding carboxylic acids is 1. The number of hydrogen-bond donors (Lipinski definition) is 1. The Morgan fingerprint density at radius 1 is 1.06 bits per heavy atom. The Morgan fingerprint density at radius 2 is 1.72 bits per heavy atom. The van der Waals surface area contributed by atoms with E-state index in [-0.39, 0.29) is 5.78 Å². The third-order valence-corrected chi connectivity index (χ3v) is 3.02. The predicted octanol–water partition coefficient (Wildman–Crippen LogP) is 3.39. The van der Waals surface area contributed by atoms with Gasteiger partial charge in [-0.15, -0.1) is 0 Å². The van der Waals surface area contributed by atoms with Crippen molar-refractivity contribution in [2.24, 2.45) is 0 Å². The molecule has 0 unspecified atom stereocenters. The fourth-order valence-corrected chi connectivity index (χ4v) is 1.90. The molecule has 0 aliphatic rings. The van der Waals surface area contributed by atoms with Crippen LogP contribution in [0.2, 0.25) is 0 Å². The molecule has 0 atom stereocenters. The van der Waals surface area contributed by atoms with Crippen molar-refractivity contribution in [2.75, 3.05) is 5.73 Å². The van der Waals surface area contributed by atoms with Gasteiger partial charge in [0.2, 0.25) is 0 Å². The van der Waals surface area contributed by atoms with Crippen LogP contribution >= 0.6 is 0 Å². The van der Waals surface area contributed by atoms with E-state index in [9.17, 15) is 4.79 Å². The van der Waals surface area contributed by atoms with Crippen LogP contribution in [0.25, 0.3) is 0 Å². The second-order valence-electron chi connectivity index (χ2n) is 4.50. The molecule has 0 bridgehead atoms. The number of hydrogen-bond acceptors (Lipinski definition) is 2. The number of benzene rings is 2. The van der Waals surface area contributed by atoms with Crippen LogP contribution in [0.4, 0.5) is 5.69 Å². The SMILES string of the molecule is Cc1ccc(CCC(=O)c2ccccc2N)cc1. The predicted molar refractivity (Wildman–Crippen MR) is 74.7 cm³/mol. The first-order chi connectivity index (χ1) is 8.66. The Hall–Kier alpha value is -2.09. The number of carbonyl (C=O) groups is 1. The number of nitrogens with two attached hydrogens (primary N) is 1. The summed E-state index contributed by atoms with van der Waals surface area (Å²) in [4.78, 5) is 12.0. The topological polar surface area (TPSA) is 43.1 Å². The Morgan fingerprint density at radius 3 is 2.39 bits per heavy atom. The van der Waals surface area contributed by atoms with Gasteiger partial charge in [0.15, 0.2) is 5.78 Å². The summed E-state index contributed by atoms with van der Waals surface area (Å²) >= 11 is 0. The number of Topliss-reactive ketones (excluding diaryl/α,β-unsaturated/α-hetero) is 1. The van der Waals surface area contributed by atoms with E-state index in [0.29, 0.717) is 17.7 Å². The fourth-order valence-electron chi connectivity index (χ4n) is 1.90. The van der Waals surface area contributed by atoms with Gasteiger partial charge in [-0.05, 0) is 31.0 Å². The van der Waals surface area contributed by atoms with Crippen molar-refractivity contribution in [3.63, 3.8) is 0 Å². The van der Waals surface area contributed by atoms with E-state index < -0.39 is 0 Å². The summed E-state index contributed by atoms with van der Waals surface area (Å²) in [7, 11) is 0. The molecule has 2 aromatic rings. The van der Waals surface area contributed by atoms with Gasteiger partial charge in [-0.1, -0.05) is 42.0 Å². The van der Waals surface area contributed by atoms with E-state index >= 15 is 0 Å². The van der Waals surface area contributed by atoms with Crippen molar-refractivity contribution < 1.29 is 4.79 Å². The van der Waals surface area contributed by atoms with Gasteiger partial charge in [-0.2, -0.15) is 0 Å². The summed E-state index contributed by atoms with van der Waals surface area (Å²) < 4.78 is 0. The molecule has 92 valence electrons. The average Bonchev–Trinajstić information content (AvgIpc) is 2.38. The quantitative estimate of drug-likeness (QED) is 0.656. The first kappa shape index (κ1) is 12.4. The van der Waals surface area contributed by atoms with Crippen molar-refractivity contribution in [3.8, 4) is 0 Å². The van der Waals surface area contributed by atoms with Crippen molar-refractivity contribution in [1.82, 2.24) is 0 Å². The van der Waals surface area contributed by atoms with Crippen LogP contribution in [0, 0.1) is 6.92 Å². The molecule has 0 fully saturated rings. The van der Waals surface area contributed by atoms with Gasteiger partial charge in [0, 0.05) is 17.7 Å². The second-order valence-corrected chi connectivity index (χ2v) is 4.50. The largest absolute Gasteiger partial charge is 0.398 e. The summed E-state index contributed by atoms with van der Waals surface area (Å²) in [5.74, 6) is 0.105. The highest BCUT2D eigenvalue weighted by Gasteiger charge is 2.08. The molecule has 0 aliphatic heterocycles. The lowest BCUT2D eigenvalue weighted by molar-refractivity contribution is 0.0983. The Bertz CT molecular complexity index is 543. The molecule has 0 aliphatic carbocycles. The van der Waals surface area contributed by atoms with E-state index in [1.165, 1.54) is 11.1 Å². The van der Waals surface area contributed by atoms with Gasteiger partial charge in [-0.3, -0.25) is 4.79 Å². The standard InChI is InChI=1S/C16H17NO/c1-12-6-8-13(9-7-12)10-11-16(18)14-4-2-3-5-15(14)17/h2-9H,10-11,17H2,1H3. The maximum atomic E-state index is 12.0. The van der Waals surface area contributed by atoms with Gasteiger partial charge in [0.05, 0.1) is 0 Å². The van der Waals surface area contributed by atoms with Crippen molar-refractivity contribution >= 4 is 11.5 Å². The van der Waals surface area contributed by atoms with Gasteiger partial charge in [-0.25, -0.2) is 0 Å². The minimum absolute atomic E-state index is 0.105. The number of para-hydroxylation sites is 1. The molecule has 0 saturated carbocycles. The Balaban J connectivity index is 2.01. The van der Waals surface area contributed by atoms with Crippen LogP contribution in [0.5, 0.6) is 0 Å². The summed E-state index contributed by atoms with van der Waals surface area (Å²) in [6.07, 6.45) is 1.25. The van der Waals surface area contributed by atoms with Crippen LogP contribution < -0.4 is 5.73 Å². The fraction of sp³-hybridized carbons (Fsp3) is 0.188. The normalized spacial score (nSPS) is 10.3.